The van der Waals surface area contributed by atoms with Crippen LogP contribution in [0, 0.1) is 5.92 Å². The molecule has 0 radical (unpaired) electrons. The molecule has 0 spiro atoms. The highest BCUT2D eigenvalue weighted by Crippen LogP contribution is 2.19. The SMILES string of the molecule is CCC(C)NC(=NCCc1ccco1)N1CCCC(CC(N)=O)C1. The van der Waals surface area contributed by atoms with Crippen molar-refractivity contribution in [2.75, 3.05) is 19.6 Å². The fourth-order valence-electron chi connectivity index (χ4n) is 2.99. The van der Waals surface area contributed by atoms with E-state index in [1.165, 1.54) is 0 Å². The molecule has 0 aromatic carbocycles. The van der Waals surface area contributed by atoms with Crippen LogP contribution in [-0.2, 0) is 11.2 Å². The van der Waals surface area contributed by atoms with Crippen LogP contribution in [0.4, 0.5) is 0 Å². The van der Waals surface area contributed by atoms with Gasteiger partial charge in [0.1, 0.15) is 5.76 Å². The molecule has 1 aromatic rings. The van der Waals surface area contributed by atoms with E-state index in [0.29, 0.717) is 24.9 Å². The van der Waals surface area contributed by atoms with Crippen LogP contribution in [0.1, 0.15) is 45.3 Å². The average Bonchev–Trinajstić information content (AvgIpc) is 3.06. The third-order valence-electron chi connectivity index (χ3n) is 4.50. The van der Waals surface area contributed by atoms with Crippen molar-refractivity contribution < 1.29 is 9.21 Å². The van der Waals surface area contributed by atoms with Gasteiger partial charge in [-0.05, 0) is 44.2 Å². The predicted molar refractivity (Wildman–Crippen MR) is 95.7 cm³/mol. The highest BCUT2D eigenvalue weighted by molar-refractivity contribution is 5.80. The first-order valence-electron chi connectivity index (χ1n) is 8.95. The number of guanidine groups is 1. The van der Waals surface area contributed by atoms with Gasteiger partial charge < -0.3 is 20.4 Å². The molecule has 1 aliphatic rings. The number of aliphatic imine (C=N–C) groups is 1. The van der Waals surface area contributed by atoms with Gasteiger partial charge in [-0.3, -0.25) is 9.79 Å². The van der Waals surface area contributed by atoms with E-state index in [4.69, 9.17) is 15.1 Å². The number of carbonyl (C=O) groups excluding carboxylic acids is 1. The molecular weight excluding hydrogens is 304 g/mol. The summed E-state index contributed by atoms with van der Waals surface area (Å²) in [6.45, 7) is 6.81. The molecule has 24 heavy (non-hydrogen) atoms. The number of rotatable bonds is 7. The molecule has 6 nitrogen and oxygen atoms in total. The number of piperidine rings is 1. The second-order valence-corrected chi connectivity index (χ2v) is 6.61. The lowest BCUT2D eigenvalue weighted by Crippen LogP contribution is -2.49. The third-order valence-corrected chi connectivity index (χ3v) is 4.50. The molecule has 0 aliphatic carbocycles. The van der Waals surface area contributed by atoms with E-state index in [-0.39, 0.29) is 5.91 Å². The van der Waals surface area contributed by atoms with Gasteiger partial charge in [-0.15, -0.1) is 0 Å². The van der Waals surface area contributed by atoms with E-state index in [0.717, 1.165) is 50.5 Å². The van der Waals surface area contributed by atoms with Gasteiger partial charge in [-0.25, -0.2) is 0 Å². The lowest BCUT2D eigenvalue weighted by molar-refractivity contribution is -0.119. The van der Waals surface area contributed by atoms with Crippen molar-refractivity contribution in [2.24, 2.45) is 16.6 Å². The van der Waals surface area contributed by atoms with E-state index in [2.05, 4.69) is 24.1 Å². The minimum atomic E-state index is -0.215. The number of nitrogens with two attached hydrogens (primary N) is 1. The zero-order chi connectivity index (χ0) is 17.4. The largest absolute Gasteiger partial charge is 0.469 e. The van der Waals surface area contributed by atoms with E-state index < -0.39 is 0 Å². The molecule has 1 amide bonds. The Hall–Kier alpha value is -1.98. The molecule has 1 aliphatic heterocycles. The number of carbonyl (C=O) groups is 1. The van der Waals surface area contributed by atoms with Gasteiger partial charge in [0.25, 0.3) is 0 Å². The molecule has 1 aromatic heterocycles. The molecule has 6 heteroatoms. The molecule has 134 valence electrons. The summed E-state index contributed by atoms with van der Waals surface area (Å²) < 4.78 is 5.37. The Kier molecular flexibility index (Phi) is 7.15. The van der Waals surface area contributed by atoms with Crippen LogP contribution in [0.25, 0.3) is 0 Å². The van der Waals surface area contributed by atoms with E-state index >= 15 is 0 Å². The minimum absolute atomic E-state index is 0.215. The van der Waals surface area contributed by atoms with Crippen LogP contribution in [0.2, 0.25) is 0 Å². The number of likely N-dealkylation sites (tertiary alicyclic amines) is 1. The van der Waals surface area contributed by atoms with Gasteiger partial charge in [-0.1, -0.05) is 6.92 Å². The number of furan rings is 1. The van der Waals surface area contributed by atoms with Gasteiger partial charge in [0.2, 0.25) is 5.91 Å². The number of nitrogens with one attached hydrogen (secondary N) is 1. The summed E-state index contributed by atoms with van der Waals surface area (Å²) in [7, 11) is 0. The number of nitrogens with zero attached hydrogens (tertiary/aromatic N) is 2. The van der Waals surface area contributed by atoms with E-state index in [9.17, 15) is 4.79 Å². The van der Waals surface area contributed by atoms with Gasteiger partial charge in [-0.2, -0.15) is 0 Å². The quantitative estimate of drug-likeness (QED) is 0.591. The monoisotopic (exact) mass is 334 g/mol. The molecule has 0 bridgehead atoms. The summed E-state index contributed by atoms with van der Waals surface area (Å²) in [5.41, 5.74) is 5.37. The zero-order valence-electron chi connectivity index (χ0n) is 14.8. The summed E-state index contributed by atoms with van der Waals surface area (Å²) in [6, 6.07) is 4.24. The number of primary amides is 1. The van der Waals surface area contributed by atoms with E-state index in [1.807, 2.05) is 12.1 Å². The summed E-state index contributed by atoms with van der Waals surface area (Å²) in [5, 5.41) is 3.52. The third kappa shape index (κ3) is 5.91. The number of hydrogen-bond donors (Lipinski definition) is 2. The van der Waals surface area contributed by atoms with Crippen molar-refractivity contribution in [3.8, 4) is 0 Å². The van der Waals surface area contributed by atoms with Crippen molar-refractivity contribution in [1.29, 1.82) is 0 Å². The maximum absolute atomic E-state index is 11.2. The molecule has 2 unspecified atom stereocenters. The number of hydrogen-bond acceptors (Lipinski definition) is 3. The van der Waals surface area contributed by atoms with Gasteiger partial charge in [0.15, 0.2) is 5.96 Å². The Morgan fingerprint density at radius 2 is 2.42 bits per heavy atom. The first-order chi connectivity index (χ1) is 11.6. The normalized spacial score (nSPS) is 20.0. The van der Waals surface area contributed by atoms with Gasteiger partial charge in [0, 0.05) is 38.5 Å². The second-order valence-electron chi connectivity index (χ2n) is 6.61. The highest BCUT2D eigenvalue weighted by Gasteiger charge is 2.24. The van der Waals surface area contributed by atoms with Gasteiger partial charge in [0.05, 0.1) is 6.26 Å². The fourth-order valence-corrected chi connectivity index (χ4v) is 2.99. The predicted octanol–water partition coefficient (Wildman–Crippen LogP) is 2.15. The lowest BCUT2D eigenvalue weighted by Gasteiger charge is -2.35. The molecule has 0 saturated carbocycles. The van der Waals surface area contributed by atoms with Crippen LogP contribution in [-0.4, -0.2) is 42.4 Å². The highest BCUT2D eigenvalue weighted by atomic mass is 16.3. The van der Waals surface area contributed by atoms with E-state index in [1.54, 1.807) is 6.26 Å². The summed E-state index contributed by atoms with van der Waals surface area (Å²) in [5.74, 6) is 2.00. The van der Waals surface area contributed by atoms with Gasteiger partial charge >= 0.3 is 0 Å². The molecular formula is C18H30N4O2. The average molecular weight is 334 g/mol. The Morgan fingerprint density at radius 1 is 1.58 bits per heavy atom. The van der Waals surface area contributed by atoms with Crippen LogP contribution in [0.5, 0.6) is 0 Å². The minimum Gasteiger partial charge on any atom is -0.469 e. The van der Waals surface area contributed by atoms with Crippen molar-refractivity contribution in [3.63, 3.8) is 0 Å². The molecule has 1 saturated heterocycles. The topological polar surface area (TPSA) is 83.9 Å². The molecule has 2 atom stereocenters. The lowest BCUT2D eigenvalue weighted by atomic mass is 9.95. The van der Waals surface area contributed by atoms with Crippen molar-refractivity contribution in [2.45, 2.75) is 52.0 Å². The Morgan fingerprint density at radius 3 is 3.08 bits per heavy atom. The van der Waals surface area contributed by atoms with Crippen molar-refractivity contribution >= 4 is 11.9 Å². The molecule has 3 N–H and O–H groups in total. The van der Waals surface area contributed by atoms with Crippen LogP contribution >= 0.6 is 0 Å². The summed E-state index contributed by atoms with van der Waals surface area (Å²) >= 11 is 0. The standard InChI is InChI=1S/C18H30N4O2/c1-3-14(2)21-18(20-9-8-16-7-5-11-24-16)22-10-4-6-15(13-22)12-17(19)23/h5,7,11,14-15H,3-4,6,8-10,12-13H2,1-2H3,(H2,19,23)(H,20,21). The first-order valence-corrected chi connectivity index (χ1v) is 8.95. The van der Waals surface area contributed by atoms with Crippen LogP contribution < -0.4 is 11.1 Å². The summed E-state index contributed by atoms with van der Waals surface area (Å²) in [6.07, 6.45) is 6.10. The zero-order valence-corrected chi connectivity index (χ0v) is 14.8. The first kappa shape index (κ1) is 18.4. The Labute approximate surface area is 144 Å². The molecule has 2 heterocycles. The number of amides is 1. The maximum Gasteiger partial charge on any atom is 0.217 e. The smallest absolute Gasteiger partial charge is 0.217 e. The van der Waals surface area contributed by atoms with Crippen LogP contribution in [0.15, 0.2) is 27.8 Å². The molecule has 2 rings (SSSR count). The summed E-state index contributed by atoms with van der Waals surface area (Å²) in [4.78, 5) is 18.3. The Bertz CT molecular complexity index is 527. The molecule has 1 fully saturated rings. The fraction of sp³-hybridized carbons (Fsp3) is 0.667. The Balaban J connectivity index is 1.99. The maximum atomic E-state index is 11.2. The van der Waals surface area contributed by atoms with Crippen molar-refractivity contribution in [1.82, 2.24) is 10.2 Å². The van der Waals surface area contributed by atoms with Crippen LogP contribution in [0.3, 0.4) is 0 Å². The second kappa shape index (κ2) is 9.35. The van der Waals surface area contributed by atoms with Crippen molar-refractivity contribution in [3.05, 3.63) is 24.2 Å².